The molecule has 4 aromatic rings. The van der Waals surface area contributed by atoms with E-state index < -0.39 is 5.97 Å². The van der Waals surface area contributed by atoms with Gasteiger partial charge in [-0.05, 0) is 55.7 Å². The van der Waals surface area contributed by atoms with Crippen LogP contribution in [-0.2, 0) is 17.8 Å². The summed E-state index contributed by atoms with van der Waals surface area (Å²) in [6.07, 6.45) is 2.86. The second kappa shape index (κ2) is 7.67. The van der Waals surface area contributed by atoms with Crippen molar-refractivity contribution in [3.8, 4) is 22.8 Å². The summed E-state index contributed by atoms with van der Waals surface area (Å²) >= 11 is 0. The van der Waals surface area contributed by atoms with Crippen molar-refractivity contribution >= 4 is 16.9 Å². The number of aliphatic carboxylic acids is 1. The molecule has 31 heavy (non-hydrogen) atoms. The Morgan fingerprint density at radius 3 is 2.90 bits per heavy atom. The van der Waals surface area contributed by atoms with Gasteiger partial charge in [0.05, 0.1) is 6.54 Å². The number of aromatic nitrogens is 3. The molecule has 0 atom stereocenters. The molecule has 7 nitrogen and oxygen atoms in total. The van der Waals surface area contributed by atoms with Crippen molar-refractivity contribution in [3.05, 3.63) is 59.8 Å². The Labute approximate surface area is 179 Å². The molecular formula is C24H24N4O3. The molecule has 0 amide bonds. The van der Waals surface area contributed by atoms with Crippen LogP contribution in [0.25, 0.3) is 33.7 Å². The summed E-state index contributed by atoms with van der Waals surface area (Å²) in [6, 6.07) is 14.7. The molecule has 1 aliphatic rings. The summed E-state index contributed by atoms with van der Waals surface area (Å²) < 4.78 is 7.86. The molecule has 7 heteroatoms. The van der Waals surface area contributed by atoms with Crippen molar-refractivity contribution < 1.29 is 14.4 Å². The van der Waals surface area contributed by atoms with Crippen LogP contribution in [0.15, 0.2) is 53.2 Å². The average molecular weight is 416 g/mol. The van der Waals surface area contributed by atoms with E-state index in [1.165, 1.54) is 11.1 Å². The largest absolute Gasteiger partial charge is 0.480 e. The SMILES string of the molecule is CC(C)n1ccc2cc(-c3nc(-c4cccc5c4CCN(CC(=O)O)C5)no3)ccc21. The van der Waals surface area contributed by atoms with E-state index in [0.29, 0.717) is 30.8 Å². The maximum absolute atomic E-state index is 11.0. The van der Waals surface area contributed by atoms with Gasteiger partial charge in [0, 0.05) is 47.4 Å². The lowest BCUT2D eigenvalue weighted by Gasteiger charge is -2.28. The third kappa shape index (κ3) is 3.61. The Balaban J connectivity index is 1.45. The normalized spacial score (nSPS) is 14.3. The molecule has 0 saturated carbocycles. The minimum atomic E-state index is -0.803. The van der Waals surface area contributed by atoms with Gasteiger partial charge in [0.1, 0.15) is 0 Å². The second-order valence-electron chi connectivity index (χ2n) is 8.31. The molecular weight excluding hydrogens is 392 g/mol. The molecule has 3 heterocycles. The predicted molar refractivity (Wildman–Crippen MR) is 118 cm³/mol. The molecule has 0 bridgehead atoms. The van der Waals surface area contributed by atoms with Gasteiger partial charge in [-0.3, -0.25) is 9.69 Å². The third-order valence-corrected chi connectivity index (χ3v) is 5.89. The molecule has 1 aliphatic heterocycles. The van der Waals surface area contributed by atoms with Gasteiger partial charge in [-0.2, -0.15) is 4.98 Å². The molecule has 1 N–H and O–H groups in total. The summed E-state index contributed by atoms with van der Waals surface area (Å²) in [5, 5.41) is 14.5. The van der Waals surface area contributed by atoms with E-state index in [4.69, 9.17) is 9.63 Å². The van der Waals surface area contributed by atoms with Gasteiger partial charge in [-0.1, -0.05) is 23.4 Å². The van der Waals surface area contributed by atoms with Crippen molar-refractivity contribution in [1.82, 2.24) is 19.6 Å². The Hall–Kier alpha value is -3.45. The van der Waals surface area contributed by atoms with Crippen molar-refractivity contribution in [2.75, 3.05) is 13.1 Å². The van der Waals surface area contributed by atoms with Crippen LogP contribution in [0.3, 0.4) is 0 Å². The Bertz CT molecular complexity index is 1270. The van der Waals surface area contributed by atoms with Gasteiger partial charge < -0.3 is 14.2 Å². The van der Waals surface area contributed by atoms with Gasteiger partial charge in [0.25, 0.3) is 5.89 Å². The number of carboxylic acid groups (broad SMARTS) is 1. The average Bonchev–Trinajstić information content (AvgIpc) is 3.39. The molecule has 0 unspecified atom stereocenters. The molecule has 0 radical (unpaired) electrons. The molecule has 2 aromatic heterocycles. The molecule has 0 saturated heterocycles. The highest BCUT2D eigenvalue weighted by atomic mass is 16.5. The highest BCUT2D eigenvalue weighted by Gasteiger charge is 2.23. The molecule has 5 rings (SSSR count). The van der Waals surface area contributed by atoms with Crippen molar-refractivity contribution in [2.45, 2.75) is 32.9 Å². The van der Waals surface area contributed by atoms with Gasteiger partial charge in [0.15, 0.2) is 0 Å². The van der Waals surface area contributed by atoms with Crippen LogP contribution < -0.4 is 0 Å². The molecule has 0 fully saturated rings. The summed E-state index contributed by atoms with van der Waals surface area (Å²) in [5.74, 6) is 0.261. The zero-order valence-corrected chi connectivity index (χ0v) is 17.6. The first kappa shape index (κ1) is 19.5. The monoisotopic (exact) mass is 416 g/mol. The number of benzene rings is 2. The van der Waals surface area contributed by atoms with Crippen LogP contribution in [0.4, 0.5) is 0 Å². The van der Waals surface area contributed by atoms with Crippen LogP contribution in [0.1, 0.15) is 31.0 Å². The van der Waals surface area contributed by atoms with Crippen LogP contribution in [0.2, 0.25) is 0 Å². The Kier molecular flexibility index (Phi) is 4.82. The van der Waals surface area contributed by atoms with E-state index in [2.05, 4.69) is 53.0 Å². The lowest BCUT2D eigenvalue weighted by Crippen LogP contribution is -2.34. The molecule has 158 valence electrons. The smallest absolute Gasteiger partial charge is 0.317 e. The van der Waals surface area contributed by atoms with Gasteiger partial charge in [-0.25, -0.2) is 0 Å². The summed E-state index contributed by atoms with van der Waals surface area (Å²) in [7, 11) is 0. The lowest BCUT2D eigenvalue weighted by atomic mass is 9.94. The van der Waals surface area contributed by atoms with E-state index in [1.807, 2.05) is 29.2 Å². The topological polar surface area (TPSA) is 84.4 Å². The van der Waals surface area contributed by atoms with E-state index in [9.17, 15) is 4.79 Å². The van der Waals surface area contributed by atoms with Crippen LogP contribution >= 0.6 is 0 Å². The van der Waals surface area contributed by atoms with Crippen LogP contribution in [0.5, 0.6) is 0 Å². The van der Waals surface area contributed by atoms with E-state index in [-0.39, 0.29) is 6.54 Å². The Morgan fingerprint density at radius 1 is 1.23 bits per heavy atom. The number of hydrogen-bond acceptors (Lipinski definition) is 5. The second-order valence-corrected chi connectivity index (χ2v) is 8.31. The van der Waals surface area contributed by atoms with E-state index in [0.717, 1.165) is 28.5 Å². The van der Waals surface area contributed by atoms with Gasteiger partial charge in [-0.15, -0.1) is 0 Å². The fourth-order valence-electron chi connectivity index (χ4n) is 4.40. The summed E-state index contributed by atoms with van der Waals surface area (Å²) in [5.41, 5.74) is 5.31. The number of carbonyl (C=O) groups is 1. The minimum Gasteiger partial charge on any atom is -0.480 e. The number of hydrogen-bond donors (Lipinski definition) is 1. The first-order valence-corrected chi connectivity index (χ1v) is 10.5. The van der Waals surface area contributed by atoms with Crippen LogP contribution in [-0.4, -0.2) is 43.8 Å². The first-order valence-electron chi connectivity index (χ1n) is 10.5. The summed E-state index contributed by atoms with van der Waals surface area (Å²) in [4.78, 5) is 17.7. The van der Waals surface area contributed by atoms with Crippen LogP contribution in [0, 0.1) is 0 Å². The number of carboxylic acids is 1. The highest BCUT2D eigenvalue weighted by Crippen LogP contribution is 2.31. The molecule has 0 aliphatic carbocycles. The highest BCUT2D eigenvalue weighted by molar-refractivity contribution is 5.84. The first-order chi connectivity index (χ1) is 15.0. The quantitative estimate of drug-likeness (QED) is 0.520. The van der Waals surface area contributed by atoms with E-state index in [1.54, 1.807) is 0 Å². The Morgan fingerprint density at radius 2 is 2.10 bits per heavy atom. The fourth-order valence-corrected chi connectivity index (χ4v) is 4.40. The zero-order valence-electron chi connectivity index (χ0n) is 17.6. The van der Waals surface area contributed by atoms with Crippen molar-refractivity contribution in [3.63, 3.8) is 0 Å². The van der Waals surface area contributed by atoms with Crippen molar-refractivity contribution in [2.24, 2.45) is 0 Å². The number of rotatable bonds is 5. The summed E-state index contributed by atoms with van der Waals surface area (Å²) in [6.45, 7) is 5.70. The predicted octanol–water partition coefficient (Wildman–Crippen LogP) is 4.38. The molecule has 2 aromatic carbocycles. The molecule has 0 spiro atoms. The number of nitrogens with zero attached hydrogens (tertiary/aromatic N) is 4. The van der Waals surface area contributed by atoms with Gasteiger partial charge in [0.2, 0.25) is 5.82 Å². The van der Waals surface area contributed by atoms with Crippen molar-refractivity contribution in [1.29, 1.82) is 0 Å². The maximum atomic E-state index is 11.0. The third-order valence-electron chi connectivity index (χ3n) is 5.89. The fraction of sp³-hybridized carbons (Fsp3) is 0.292. The zero-order chi connectivity index (χ0) is 21.5. The standard InChI is InChI=1S/C24H24N4O3/c1-15(2)28-11-8-16-12-17(6-7-21(16)28)24-25-23(26-31-24)20-5-3-4-18-13-27(14-22(29)30)10-9-19(18)20/h3-8,11-12,15H,9-10,13-14H2,1-2H3,(H,29,30). The van der Waals surface area contributed by atoms with E-state index >= 15 is 0 Å². The maximum Gasteiger partial charge on any atom is 0.317 e. The lowest BCUT2D eigenvalue weighted by molar-refractivity contribution is -0.138. The number of fused-ring (bicyclic) bond motifs is 2. The van der Waals surface area contributed by atoms with Gasteiger partial charge >= 0.3 is 5.97 Å². The minimum absolute atomic E-state index is 0.0526.